The summed E-state index contributed by atoms with van der Waals surface area (Å²) in [7, 11) is 0. The van der Waals surface area contributed by atoms with Crippen LogP contribution < -0.4 is 0 Å². The average molecular weight is 591 g/mol. The summed E-state index contributed by atoms with van der Waals surface area (Å²) >= 11 is 0. The normalized spacial score (nSPS) is 12.4. The van der Waals surface area contributed by atoms with Crippen LogP contribution in [0.3, 0.4) is 0 Å². The summed E-state index contributed by atoms with van der Waals surface area (Å²) in [5.41, 5.74) is 0. The molecule has 246 valence electrons. The van der Waals surface area contributed by atoms with Crippen molar-refractivity contribution in [3.05, 3.63) is 24.3 Å². The topological polar surface area (TPSA) is 63.6 Å². The van der Waals surface area contributed by atoms with Crippen molar-refractivity contribution in [1.29, 1.82) is 0 Å². The van der Waals surface area contributed by atoms with Crippen LogP contribution in [-0.4, -0.2) is 23.1 Å². The molecule has 0 amide bonds. The summed E-state index contributed by atoms with van der Waals surface area (Å²) in [6, 6.07) is 0. The molecule has 42 heavy (non-hydrogen) atoms. The van der Waals surface area contributed by atoms with Crippen LogP contribution in [0.1, 0.15) is 200 Å². The molecular weight excluding hydrogens is 520 g/mol. The van der Waals surface area contributed by atoms with Crippen LogP contribution in [0, 0.1) is 0 Å². The van der Waals surface area contributed by atoms with Gasteiger partial charge in [-0.25, -0.2) is 0 Å². The highest BCUT2D eigenvalue weighted by molar-refractivity contribution is 5.69. The second-order valence-corrected chi connectivity index (χ2v) is 12.4. The van der Waals surface area contributed by atoms with E-state index in [1.165, 1.54) is 103 Å². The van der Waals surface area contributed by atoms with Crippen LogP contribution >= 0.6 is 0 Å². The smallest absolute Gasteiger partial charge is 0.306 e. The molecule has 4 heteroatoms. The van der Waals surface area contributed by atoms with Gasteiger partial charge in [-0.15, -0.1) is 0 Å². The quantitative estimate of drug-likeness (QED) is 0.0469. The molecule has 0 bridgehead atoms. The third kappa shape index (κ3) is 32.9. The summed E-state index contributed by atoms with van der Waals surface area (Å²) < 4.78 is 5.94. The first kappa shape index (κ1) is 40.4. The van der Waals surface area contributed by atoms with Gasteiger partial charge in [0.1, 0.15) is 6.10 Å². The van der Waals surface area contributed by atoms with Crippen LogP contribution in [0.5, 0.6) is 0 Å². The Hall–Kier alpha value is -1.58. The minimum absolute atomic E-state index is 0.00873. The first-order valence-corrected chi connectivity index (χ1v) is 18.3. The number of carboxylic acids is 1. The van der Waals surface area contributed by atoms with Crippen LogP contribution in [0.4, 0.5) is 0 Å². The second-order valence-electron chi connectivity index (χ2n) is 12.4. The zero-order chi connectivity index (χ0) is 30.8. The fraction of sp³-hybridized carbons (Fsp3) is 0.842. The van der Waals surface area contributed by atoms with E-state index < -0.39 is 5.97 Å². The predicted octanol–water partition coefficient (Wildman–Crippen LogP) is 12.4. The highest BCUT2D eigenvalue weighted by atomic mass is 16.5. The standard InChI is InChI=1S/C38H70O4/c1-3-5-7-9-11-12-13-14-15-16-17-18-19-20-21-22-27-31-35-38(41)42-36(32-28-24-10-8-6-4-2)33-29-25-23-26-30-34-37(39)40/h12-13,15-16,36H,3-11,14,17-35H2,1-2H3,(H,39,40)/b13-12-,16-15-. The summed E-state index contributed by atoms with van der Waals surface area (Å²) in [6.45, 7) is 4.50. The summed E-state index contributed by atoms with van der Waals surface area (Å²) in [6.07, 6.45) is 42.0. The zero-order valence-electron chi connectivity index (χ0n) is 28.1. The monoisotopic (exact) mass is 591 g/mol. The highest BCUT2D eigenvalue weighted by Gasteiger charge is 2.14. The fourth-order valence-corrected chi connectivity index (χ4v) is 5.45. The van der Waals surface area contributed by atoms with E-state index in [-0.39, 0.29) is 18.5 Å². The third-order valence-electron chi connectivity index (χ3n) is 8.18. The fourth-order valence-electron chi connectivity index (χ4n) is 5.45. The Kier molecular flexibility index (Phi) is 32.6. The van der Waals surface area contributed by atoms with Gasteiger partial charge in [0, 0.05) is 12.8 Å². The summed E-state index contributed by atoms with van der Waals surface area (Å²) in [5.74, 6) is -0.711. The van der Waals surface area contributed by atoms with E-state index in [0.29, 0.717) is 6.42 Å². The van der Waals surface area contributed by atoms with E-state index in [1.54, 1.807) is 0 Å². The molecule has 0 saturated heterocycles. The molecule has 0 rings (SSSR count). The van der Waals surface area contributed by atoms with E-state index in [1.807, 2.05) is 0 Å². The van der Waals surface area contributed by atoms with Crippen molar-refractivity contribution in [2.45, 2.75) is 206 Å². The number of esters is 1. The van der Waals surface area contributed by atoms with Crippen LogP contribution in [0.25, 0.3) is 0 Å². The van der Waals surface area contributed by atoms with Crippen molar-refractivity contribution in [3.63, 3.8) is 0 Å². The SMILES string of the molecule is CCCCCC/C=C\C/C=C\CCCCCCCCCC(=O)OC(CCCCCCCC)CCCCCCCC(=O)O. The molecule has 0 saturated carbocycles. The van der Waals surface area contributed by atoms with E-state index in [9.17, 15) is 9.59 Å². The maximum Gasteiger partial charge on any atom is 0.306 e. The second kappa shape index (κ2) is 33.9. The summed E-state index contributed by atoms with van der Waals surface area (Å²) in [5, 5.41) is 8.77. The number of carbonyl (C=O) groups is 2. The van der Waals surface area contributed by atoms with Gasteiger partial charge in [0.25, 0.3) is 0 Å². The molecule has 0 fully saturated rings. The Labute approximate surface area is 261 Å². The number of hydrogen-bond acceptors (Lipinski definition) is 3. The van der Waals surface area contributed by atoms with Gasteiger partial charge < -0.3 is 9.84 Å². The Morgan fingerprint density at radius 3 is 1.43 bits per heavy atom. The van der Waals surface area contributed by atoms with Crippen molar-refractivity contribution in [3.8, 4) is 0 Å². The lowest BCUT2D eigenvalue weighted by Gasteiger charge is -2.18. The zero-order valence-corrected chi connectivity index (χ0v) is 28.1. The van der Waals surface area contributed by atoms with Crippen molar-refractivity contribution < 1.29 is 19.4 Å². The first-order chi connectivity index (χ1) is 20.6. The number of allylic oxidation sites excluding steroid dienone is 4. The van der Waals surface area contributed by atoms with E-state index in [4.69, 9.17) is 9.84 Å². The lowest BCUT2D eigenvalue weighted by atomic mass is 10.0. The van der Waals surface area contributed by atoms with E-state index in [0.717, 1.165) is 70.6 Å². The van der Waals surface area contributed by atoms with Crippen molar-refractivity contribution in [1.82, 2.24) is 0 Å². The number of carboxylic acid groups (broad SMARTS) is 1. The Morgan fingerprint density at radius 1 is 0.524 bits per heavy atom. The van der Waals surface area contributed by atoms with E-state index in [2.05, 4.69) is 38.2 Å². The number of ether oxygens (including phenoxy) is 1. The van der Waals surface area contributed by atoms with Gasteiger partial charge in [-0.1, -0.05) is 141 Å². The summed E-state index contributed by atoms with van der Waals surface area (Å²) in [4.78, 5) is 23.2. The molecule has 1 unspecified atom stereocenters. The van der Waals surface area contributed by atoms with Gasteiger partial charge in [-0.05, 0) is 70.6 Å². The predicted molar refractivity (Wildman–Crippen MR) is 181 cm³/mol. The number of unbranched alkanes of at least 4 members (excludes halogenated alkanes) is 20. The molecule has 0 aromatic carbocycles. The number of rotatable bonds is 33. The Balaban J connectivity index is 3.87. The van der Waals surface area contributed by atoms with Gasteiger partial charge in [-0.2, -0.15) is 0 Å². The average Bonchev–Trinajstić information content (AvgIpc) is 2.97. The lowest BCUT2D eigenvalue weighted by Crippen LogP contribution is -2.18. The number of hydrogen-bond donors (Lipinski definition) is 1. The Bertz CT molecular complexity index is 639. The van der Waals surface area contributed by atoms with Crippen LogP contribution in [0.2, 0.25) is 0 Å². The van der Waals surface area contributed by atoms with Gasteiger partial charge >= 0.3 is 11.9 Å². The number of aliphatic carboxylic acids is 1. The maximum atomic E-state index is 12.5. The lowest BCUT2D eigenvalue weighted by molar-refractivity contribution is -0.150. The molecule has 1 N–H and O–H groups in total. The molecule has 0 aliphatic rings. The van der Waals surface area contributed by atoms with Gasteiger partial charge in [0.15, 0.2) is 0 Å². The Morgan fingerprint density at radius 2 is 0.929 bits per heavy atom. The van der Waals surface area contributed by atoms with E-state index >= 15 is 0 Å². The maximum absolute atomic E-state index is 12.5. The van der Waals surface area contributed by atoms with Crippen molar-refractivity contribution >= 4 is 11.9 Å². The molecule has 4 nitrogen and oxygen atoms in total. The molecule has 1 atom stereocenters. The minimum atomic E-state index is -0.702. The minimum Gasteiger partial charge on any atom is -0.481 e. The molecule has 0 aromatic rings. The third-order valence-corrected chi connectivity index (χ3v) is 8.18. The molecular formula is C38H70O4. The van der Waals surface area contributed by atoms with Gasteiger partial charge in [0.2, 0.25) is 0 Å². The number of carbonyl (C=O) groups excluding carboxylic acids is 1. The largest absolute Gasteiger partial charge is 0.481 e. The van der Waals surface area contributed by atoms with Crippen molar-refractivity contribution in [2.75, 3.05) is 0 Å². The highest BCUT2D eigenvalue weighted by Crippen LogP contribution is 2.18. The molecule has 0 heterocycles. The first-order valence-electron chi connectivity index (χ1n) is 18.3. The van der Waals surface area contributed by atoms with Crippen LogP contribution in [-0.2, 0) is 14.3 Å². The van der Waals surface area contributed by atoms with Gasteiger partial charge in [0.05, 0.1) is 0 Å². The van der Waals surface area contributed by atoms with Crippen LogP contribution in [0.15, 0.2) is 24.3 Å². The molecule has 0 spiro atoms. The van der Waals surface area contributed by atoms with Crippen molar-refractivity contribution in [2.24, 2.45) is 0 Å². The molecule has 0 aromatic heterocycles. The molecule has 0 radical (unpaired) electrons. The molecule has 0 aliphatic heterocycles. The molecule has 0 aliphatic carbocycles. The van der Waals surface area contributed by atoms with Gasteiger partial charge in [-0.3, -0.25) is 9.59 Å².